The minimum Gasteiger partial charge on any atom is -0.490 e. The van der Waals surface area contributed by atoms with E-state index in [2.05, 4.69) is 16.9 Å². The number of hydrogen-bond donors (Lipinski definition) is 1. The third-order valence-corrected chi connectivity index (χ3v) is 4.25. The van der Waals surface area contributed by atoms with Gasteiger partial charge in [0.05, 0.1) is 24.6 Å². The summed E-state index contributed by atoms with van der Waals surface area (Å²) in [6.07, 6.45) is 9.65. The smallest absolute Gasteiger partial charge is 0.335 e. The van der Waals surface area contributed by atoms with Crippen molar-refractivity contribution in [3.63, 3.8) is 0 Å². The highest BCUT2D eigenvalue weighted by Crippen LogP contribution is 2.22. The molecule has 1 aromatic carbocycles. The summed E-state index contributed by atoms with van der Waals surface area (Å²) in [4.78, 5) is 20.2. The lowest BCUT2D eigenvalue weighted by molar-refractivity contribution is -0.130. The van der Waals surface area contributed by atoms with Crippen LogP contribution in [0.3, 0.4) is 0 Å². The topological polar surface area (TPSA) is 81.5 Å². The van der Waals surface area contributed by atoms with Crippen LogP contribution < -0.4 is 4.74 Å². The number of allylic oxidation sites excluding steroid dienone is 1. The standard InChI is InChI=1S/C23H30N2O4/c1-3-5-8-21(23(26)27)18-9-11-19(12-10-18)22-24-16-20(17-25-22)29-15-7-6-14-28-13-4-2/h8-12,16-17H,3-7,13-15H2,1-2H3,(H,26,27). The van der Waals surface area contributed by atoms with Crippen LogP contribution in [0.5, 0.6) is 5.75 Å². The first-order valence-corrected chi connectivity index (χ1v) is 10.2. The Kier molecular flexibility index (Phi) is 9.86. The maximum Gasteiger partial charge on any atom is 0.335 e. The zero-order chi connectivity index (χ0) is 20.9. The second-order valence-electron chi connectivity index (χ2n) is 6.70. The molecule has 1 aromatic heterocycles. The Balaban J connectivity index is 1.90. The van der Waals surface area contributed by atoms with Gasteiger partial charge in [0.1, 0.15) is 0 Å². The molecule has 0 spiro atoms. The van der Waals surface area contributed by atoms with Crippen molar-refractivity contribution in [2.45, 2.75) is 46.0 Å². The molecule has 29 heavy (non-hydrogen) atoms. The van der Waals surface area contributed by atoms with E-state index >= 15 is 0 Å². The van der Waals surface area contributed by atoms with Crippen LogP contribution in [-0.4, -0.2) is 40.9 Å². The Morgan fingerprint density at radius 1 is 1.00 bits per heavy atom. The molecule has 0 aliphatic rings. The zero-order valence-electron chi connectivity index (χ0n) is 17.3. The summed E-state index contributed by atoms with van der Waals surface area (Å²) in [6, 6.07) is 7.26. The first kappa shape index (κ1) is 22.6. The fraction of sp³-hybridized carbons (Fsp3) is 0.435. The number of ether oxygens (including phenoxy) is 2. The fourth-order valence-electron chi connectivity index (χ4n) is 2.70. The van der Waals surface area contributed by atoms with E-state index in [1.54, 1.807) is 30.6 Å². The number of rotatable bonds is 13. The van der Waals surface area contributed by atoms with Gasteiger partial charge in [-0.3, -0.25) is 0 Å². The van der Waals surface area contributed by atoms with Crippen LogP contribution in [0, 0.1) is 0 Å². The second-order valence-corrected chi connectivity index (χ2v) is 6.70. The highest BCUT2D eigenvalue weighted by Gasteiger charge is 2.10. The fourth-order valence-corrected chi connectivity index (χ4v) is 2.70. The van der Waals surface area contributed by atoms with Gasteiger partial charge >= 0.3 is 5.97 Å². The Bertz CT molecular complexity index is 770. The molecule has 0 saturated heterocycles. The van der Waals surface area contributed by atoms with E-state index in [0.717, 1.165) is 50.9 Å². The van der Waals surface area contributed by atoms with Crippen LogP contribution in [0.1, 0.15) is 51.5 Å². The van der Waals surface area contributed by atoms with Gasteiger partial charge in [-0.2, -0.15) is 0 Å². The molecule has 0 fully saturated rings. The van der Waals surface area contributed by atoms with Crippen LogP contribution >= 0.6 is 0 Å². The second kappa shape index (κ2) is 12.7. The summed E-state index contributed by atoms with van der Waals surface area (Å²) < 4.78 is 11.1. The predicted molar refractivity (Wildman–Crippen MR) is 114 cm³/mol. The number of benzene rings is 1. The largest absolute Gasteiger partial charge is 0.490 e. The van der Waals surface area contributed by atoms with Crippen molar-refractivity contribution in [3.8, 4) is 17.1 Å². The molecule has 0 aliphatic heterocycles. The molecule has 6 heteroatoms. The highest BCUT2D eigenvalue weighted by molar-refractivity contribution is 6.15. The lowest BCUT2D eigenvalue weighted by atomic mass is 10.0. The van der Waals surface area contributed by atoms with Crippen LogP contribution in [0.4, 0.5) is 0 Å². The van der Waals surface area contributed by atoms with Gasteiger partial charge in [-0.05, 0) is 31.2 Å². The number of nitrogens with zero attached hydrogens (tertiary/aromatic N) is 2. The van der Waals surface area contributed by atoms with Gasteiger partial charge in [0.2, 0.25) is 0 Å². The monoisotopic (exact) mass is 398 g/mol. The Morgan fingerprint density at radius 2 is 1.69 bits per heavy atom. The van der Waals surface area contributed by atoms with E-state index in [9.17, 15) is 9.90 Å². The first-order valence-electron chi connectivity index (χ1n) is 10.2. The number of aromatic nitrogens is 2. The Morgan fingerprint density at radius 3 is 2.31 bits per heavy atom. The molecule has 0 saturated carbocycles. The van der Waals surface area contributed by atoms with Crippen LogP contribution in [-0.2, 0) is 9.53 Å². The maximum absolute atomic E-state index is 11.5. The summed E-state index contributed by atoms with van der Waals surface area (Å²) in [5.41, 5.74) is 1.83. The van der Waals surface area contributed by atoms with Crippen molar-refractivity contribution in [3.05, 3.63) is 48.3 Å². The summed E-state index contributed by atoms with van der Waals surface area (Å²) >= 11 is 0. The van der Waals surface area contributed by atoms with Gasteiger partial charge in [0, 0.05) is 18.8 Å². The third kappa shape index (κ3) is 7.66. The molecule has 1 N–H and O–H groups in total. The molecule has 0 amide bonds. The number of carboxylic acids is 1. The van der Waals surface area contributed by atoms with Gasteiger partial charge < -0.3 is 14.6 Å². The van der Waals surface area contributed by atoms with Crippen molar-refractivity contribution in [2.75, 3.05) is 19.8 Å². The molecule has 1 heterocycles. The number of unbranched alkanes of at least 4 members (excludes halogenated alkanes) is 2. The van der Waals surface area contributed by atoms with Crippen molar-refractivity contribution < 1.29 is 19.4 Å². The molecule has 0 atom stereocenters. The molecule has 2 aromatic rings. The molecular weight excluding hydrogens is 368 g/mol. The van der Waals surface area contributed by atoms with Gasteiger partial charge in [0.15, 0.2) is 11.6 Å². The van der Waals surface area contributed by atoms with E-state index in [0.29, 0.717) is 29.3 Å². The molecule has 0 radical (unpaired) electrons. The van der Waals surface area contributed by atoms with Crippen LogP contribution in [0.2, 0.25) is 0 Å². The third-order valence-electron chi connectivity index (χ3n) is 4.25. The lowest BCUT2D eigenvalue weighted by Crippen LogP contribution is -2.02. The SMILES string of the molecule is CCCC=C(C(=O)O)c1ccc(-c2ncc(OCCCCOCCC)cn2)cc1. The molecule has 2 rings (SSSR count). The quantitative estimate of drug-likeness (QED) is 0.378. The van der Waals surface area contributed by atoms with E-state index in [4.69, 9.17) is 9.47 Å². The summed E-state index contributed by atoms with van der Waals surface area (Å²) in [5.74, 6) is 0.294. The van der Waals surface area contributed by atoms with E-state index < -0.39 is 5.97 Å². The molecule has 0 bridgehead atoms. The summed E-state index contributed by atoms with van der Waals surface area (Å²) in [5, 5.41) is 9.40. The van der Waals surface area contributed by atoms with Crippen molar-refractivity contribution in [2.24, 2.45) is 0 Å². The van der Waals surface area contributed by atoms with Crippen LogP contribution in [0.15, 0.2) is 42.7 Å². The molecule has 0 aliphatic carbocycles. The van der Waals surface area contributed by atoms with E-state index in [-0.39, 0.29) is 0 Å². The molecule has 0 unspecified atom stereocenters. The number of carbonyl (C=O) groups is 1. The minimum absolute atomic E-state index is 0.322. The summed E-state index contributed by atoms with van der Waals surface area (Å²) in [6.45, 7) is 6.30. The number of hydrogen-bond acceptors (Lipinski definition) is 5. The number of aliphatic carboxylic acids is 1. The number of carboxylic acid groups (broad SMARTS) is 1. The predicted octanol–water partition coefficient (Wildman–Crippen LogP) is 5.00. The molecule has 6 nitrogen and oxygen atoms in total. The van der Waals surface area contributed by atoms with Gasteiger partial charge in [-0.1, -0.05) is 50.6 Å². The van der Waals surface area contributed by atoms with Crippen molar-refractivity contribution in [1.82, 2.24) is 9.97 Å². The maximum atomic E-state index is 11.5. The Hall–Kier alpha value is -2.73. The Labute approximate surface area is 172 Å². The zero-order valence-corrected chi connectivity index (χ0v) is 17.3. The normalized spacial score (nSPS) is 11.4. The molecular formula is C23H30N2O4. The average Bonchev–Trinajstić information content (AvgIpc) is 2.74. The molecule has 156 valence electrons. The van der Waals surface area contributed by atoms with Crippen molar-refractivity contribution in [1.29, 1.82) is 0 Å². The van der Waals surface area contributed by atoms with E-state index in [1.807, 2.05) is 19.1 Å². The minimum atomic E-state index is -0.916. The lowest BCUT2D eigenvalue weighted by Gasteiger charge is -2.07. The van der Waals surface area contributed by atoms with Gasteiger partial charge in [0.25, 0.3) is 0 Å². The first-order chi connectivity index (χ1) is 14.2. The average molecular weight is 399 g/mol. The van der Waals surface area contributed by atoms with Gasteiger partial charge in [-0.15, -0.1) is 0 Å². The van der Waals surface area contributed by atoms with Crippen LogP contribution in [0.25, 0.3) is 17.0 Å². The highest BCUT2D eigenvalue weighted by atomic mass is 16.5. The van der Waals surface area contributed by atoms with E-state index in [1.165, 1.54) is 0 Å². The summed E-state index contributed by atoms with van der Waals surface area (Å²) in [7, 11) is 0. The van der Waals surface area contributed by atoms with Crippen molar-refractivity contribution >= 4 is 11.5 Å². The van der Waals surface area contributed by atoms with Gasteiger partial charge in [-0.25, -0.2) is 14.8 Å².